The number of hydrogen-bond acceptors (Lipinski definition) is 2. The average molecular weight is 325 g/mol. The van der Waals surface area contributed by atoms with E-state index in [0.717, 1.165) is 41.7 Å². The first-order valence-corrected chi connectivity index (χ1v) is 8.43. The summed E-state index contributed by atoms with van der Waals surface area (Å²) in [7, 11) is 0. The molecular weight excluding hydrogens is 302 g/mol. The largest absolute Gasteiger partial charge is 0.490 e. The normalized spacial score (nSPS) is 16.5. The molecule has 4 nitrogen and oxygen atoms in total. The van der Waals surface area contributed by atoms with E-state index < -0.39 is 6.09 Å². The van der Waals surface area contributed by atoms with Crippen molar-refractivity contribution in [2.24, 2.45) is 0 Å². The molecule has 1 atom stereocenters. The maximum absolute atomic E-state index is 11.1. The second kappa shape index (κ2) is 6.95. The number of hydrogen-bond donors (Lipinski definition) is 2. The van der Waals surface area contributed by atoms with Crippen LogP contribution in [-0.2, 0) is 6.42 Å². The summed E-state index contributed by atoms with van der Waals surface area (Å²) in [6, 6.07) is 14.2. The van der Waals surface area contributed by atoms with Gasteiger partial charge in [-0.3, -0.25) is 0 Å². The van der Waals surface area contributed by atoms with Crippen molar-refractivity contribution in [3.8, 4) is 16.9 Å². The average Bonchev–Trinajstić information content (AvgIpc) is 2.54. The van der Waals surface area contributed by atoms with E-state index in [4.69, 9.17) is 9.84 Å². The van der Waals surface area contributed by atoms with Gasteiger partial charge in [-0.05, 0) is 61.9 Å². The van der Waals surface area contributed by atoms with Crippen molar-refractivity contribution in [2.45, 2.75) is 45.3 Å². The topological polar surface area (TPSA) is 58.6 Å². The molecule has 1 aliphatic rings. The van der Waals surface area contributed by atoms with E-state index in [9.17, 15) is 4.79 Å². The van der Waals surface area contributed by atoms with Crippen LogP contribution in [0.5, 0.6) is 5.75 Å². The summed E-state index contributed by atoms with van der Waals surface area (Å²) in [4.78, 5) is 11.1. The van der Waals surface area contributed by atoms with Gasteiger partial charge in [-0.15, -0.1) is 0 Å². The molecule has 1 unspecified atom stereocenters. The Morgan fingerprint density at radius 3 is 2.79 bits per heavy atom. The molecule has 0 saturated heterocycles. The van der Waals surface area contributed by atoms with Gasteiger partial charge in [-0.1, -0.05) is 30.3 Å². The molecule has 1 amide bonds. The van der Waals surface area contributed by atoms with Crippen LogP contribution >= 0.6 is 0 Å². The first kappa shape index (κ1) is 16.4. The number of ether oxygens (including phenoxy) is 1. The molecule has 4 heteroatoms. The SMILES string of the molecule is CC(C)Oc1ccccc1-c1ccc2c(c1)C(NC(=O)O)CCC2. The number of benzene rings is 2. The number of nitrogens with one attached hydrogen (secondary N) is 1. The quantitative estimate of drug-likeness (QED) is 0.850. The molecule has 1 aliphatic carbocycles. The number of carboxylic acid groups (broad SMARTS) is 1. The molecule has 0 fully saturated rings. The molecule has 126 valence electrons. The summed E-state index contributed by atoms with van der Waals surface area (Å²) in [6.07, 6.45) is 1.97. The Morgan fingerprint density at radius 2 is 2.04 bits per heavy atom. The standard InChI is InChI=1S/C20H23NO3/c1-13(2)24-19-9-4-3-7-16(19)15-11-10-14-6-5-8-18(17(14)12-15)21-20(22)23/h3-4,7,9-13,18,21H,5-6,8H2,1-2H3,(H,22,23). The van der Waals surface area contributed by atoms with Gasteiger partial charge < -0.3 is 15.2 Å². The minimum Gasteiger partial charge on any atom is -0.490 e. The van der Waals surface area contributed by atoms with Crippen molar-refractivity contribution in [1.82, 2.24) is 5.32 Å². The second-order valence-electron chi connectivity index (χ2n) is 6.47. The van der Waals surface area contributed by atoms with Gasteiger partial charge in [0.05, 0.1) is 12.1 Å². The molecule has 0 aromatic heterocycles. The lowest BCUT2D eigenvalue weighted by atomic mass is 9.85. The molecular formula is C20H23NO3. The monoisotopic (exact) mass is 325 g/mol. The fraction of sp³-hybridized carbons (Fsp3) is 0.350. The molecule has 0 bridgehead atoms. The molecule has 24 heavy (non-hydrogen) atoms. The lowest BCUT2D eigenvalue weighted by Gasteiger charge is -2.26. The van der Waals surface area contributed by atoms with Crippen LogP contribution in [0, 0.1) is 0 Å². The molecule has 0 spiro atoms. The molecule has 0 heterocycles. The predicted molar refractivity (Wildman–Crippen MR) is 94.5 cm³/mol. The van der Waals surface area contributed by atoms with Crippen molar-refractivity contribution in [1.29, 1.82) is 0 Å². The van der Waals surface area contributed by atoms with Crippen LogP contribution in [0.4, 0.5) is 4.79 Å². The highest BCUT2D eigenvalue weighted by molar-refractivity contribution is 5.72. The summed E-state index contributed by atoms with van der Waals surface area (Å²) >= 11 is 0. The highest BCUT2D eigenvalue weighted by Gasteiger charge is 2.22. The number of fused-ring (bicyclic) bond motifs is 1. The molecule has 2 aromatic rings. The smallest absolute Gasteiger partial charge is 0.405 e. The Morgan fingerprint density at radius 1 is 1.25 bits per heavy atom. The fourth-order valence-electron chi connectivity index (χ4n) is 3.33. The Labute approximate surface area is 142 Å². The van der Waals surface area contributed by atoms with Crippen molar-refractivity contribution in [3.63, 3.8) is 0 Å². The van der Waals surface area contributed by atoms with Gasteiger partial charge in [-0.25, -0.2) is 4.79 Å². The van der Waals surface area contributed by atoms with Gasteiger partial charge in [0.1, 0.15) is 5.75 Å². The maximum Gasteiger partial charge on any atom is 0.405 e. The first-order chi connectivity index (χ1) is 11.5. The zero-order valence-corrected chi connectivity index (χ0v) is 14.1. The van der Waals surface area contributed by atoms with E-state index in [-0.39, 0.29) is 12.1 Å². The fourth-order valence-corrected chi connectivity index (χ4v) is 3.33. The van der Waals surface area contributed by atoms with Gasteiger partial charge in [0.15, 0.2) is 0 Å². The number of para-hydroxylation sites is 1. The molecule has 0 aliphatic heterocycles. The molecule has 0 radical (unpaired) electrons. The van der Waals surface area contributed by atoms with Crippen LogP contribution in [-0.4, -0.2) is 17.3 Å². The van der Waals surface area contributed by atoms with E-state index in [0.29, 0.717) is 0 Å². The van der Waals surface area contributed by atoms with Crippen molar-refractivity contribution < 1.29 is 14.6 Å². The molecule has 0 saturated carbocycles. The lowest BCUT2D eigenvalue weighted by molar-refractivity contribution is 0.188. The van der Waals surface area contributed by atoms with Gasteiger partial charge in [0.2, 0.25) is 0 Å². The number of carbonyl (C=O) groups is 1. The Bertz CT molecular complexity index is 739. The molecule has 3 rings (SSSR count). The van der Waals surface area contributed by atoms with Crippen molar-refractivity contribution >= 4 is 6.09 Å². The Kier molecular flexibility index (Phi) is 4.74. The third-order valence-corrected chi connectivity index (χ3v) is 4.32. The van der Waals surface area contributed by atoms with Crippen LogP contribution in [0.2, 0.25) is 0 Å². The maximum atomic E-state index is 11.1. The van der Waals surface area contributed by atoms with Gasteiger partial charge in [0.25, 0.3) is 0 Å². The third-order valence-electron chi connectivity index (χ3n) is 4.32. The third kappa shape index (κ3) is 3.53. The van der Waals surface area contributed by atoms with E-state index in [1.54, 1.807) is 0 Å². The minimum atomic E-state index is -0.971. The zero-order chi connectivity index (χ0) is 17.1. The van der Waals surface area contributed by atoms with Crippen LogP contribution in [0.15, 0.2) is 42.5 Å². The van der Waals surface area contributed by atoms with Crippen molar-refractivity contribution in [3.05, 3.63) is 53.6 Å². The van der Waals surface area contributed by atoms with Crippen LogP contribution in [0.3, 0.4) is 0 Å². The van der Waals surface area contributed by atoms with Crippen molar-refractivity contribution in [2.75, 3.05) is 0 Å². The summed E-state index contributed by atoms with van der Waals surface area (Å²) < 4.78 is 5.93. The highest BCUT2D eigenvalue weighted by atomic mass is 16.5. The summed E-state index contributed by atoms with van der Waals surface area (Å²) in [6.45, 7) is 4.02. The van der Waals surface area contributed by atoms with E-state index in [1.807, 2.05) is 38.1 Å². The Balaban J connectivity index is 2.00. The second-order valence-corrected chi connectivity index (χ2v) is 6.47. The van der Waals surface area contributed by atoms with Gasteiger partial charge in [-0.2, -0.15) is 0 Å². The van der Waals surface area contributed by atoms with Crippen LogP contribution in [0.1, 0.15) is 43.9 Å². The molecule has 2 aromatic carbocycles. The number of aryl methyl sites for hydroxylation is 1. The lowest BCUT2D eigenvalue weighted by Crippen LogP contribution is -2.29. The summed E-state index contributed by atoms with van der Waals surface area (Å²) in [5.74, 6) is 0.853. The van der Waals surface area contributed by atoms with Gasteiger partial charge in [0, 0.05) is 5.56 Å². The van der Waals surface area contributed by atoms with Crippen LogP contribution < -0.4 is 10.1 Å². The summed E-state index contributed by atoms with van der Waals surface area (Å²) in [5, 5.41) is 11.7. The summed E-state index contributed by atoms with van der Waals surface area (Å²) in [5.41, 5.74) is 4.41. The van der Waals surface area contributed by atoms with Crippen LogP contribution in [0.25, 0.3) is 11.1 Å². The predicted octanol–water partition coefficient (Wildman–Crippen LogP) is 4.79. The number of rotatable bonds is 4. The van der Waals surface area contributed by atoms with E-state index >= 15 is 0 Å². The molecule has 2 N–H and O–H groups in total. The van der Waals surface area contributed by atoms with E-state index in [2.05, 4.69) is 23.5 Å². The van der Waals surface area contributed by atoms with E-state index in [1.165, 1.54) is 5.56 Å². The first-order valence-electron chi connectivity index (χ1n) is 8.43. The minimum absolute atomic E-state index is 0.102. The highest BCUT2D eigenvalue weighted by Crippen LogP contribution is 2.36. The zero-order valence-electron chi connectivity index (χ0n) is 14.1. The number of amides is 1. The Hall–Kier alpha value is -2.49. The van der Waals surface area contributed by atoms with Gasteiger partial charge >= 0.3 is 6.09 Å².